The SMILES string of the molecule is COc1ccc(O)cc1COc1ncc(F)c(N2CC2)n1. The Balaban J connectivity index is 1.75. The quantitative estimate of drug-likeness (QED) is 0.846. The van der Waals surface area contributed by atoms with E-state index in [0.29, 0.717) is 11.3 Å². The number of nitrogens with zero attached hydrogens (tertiary/aromatic N) is 3. The molecule has 0 bridgehead atoms. The van der Waals surface area contributed by atoms with Crippen LogP contribution in [0.5, 0.6) is 17.5 Å². The normalized spacial score (nSPS) is 13.1. The summed E-state index contributed by atoms with van der Waals surface area (Å²) in [4.78, 5) is 9.62. The number of phenols is 1. The van der Waals surface area contributed by atoms with Crippen LogP contribution in [0.4, 0.5) is 10.2 Å². The number of aromatic hydroxyl groups is 1. The van der Waals surface area contributed by atoms with Gasteiger partial charge >= 0.3 is 6.01 Å². The van der Waals surface area contributed by atoms with E-state index in [0.717, 1.165) is 19.3 Å². The van der Waals surface area contributed by atoms with Crippen molar-refractivity contribution in [3.8, 4) is 17.5 Å². The molecule has 21 heavy (non-hydrogen) atoms. The van der Waals surface area contributed by atoms with Gasteiger partial charge in [0.1, 0.15) is 18.1 Å². The Hall–Kier alpha value is -2.57. The lowest BCUT2D eigenvalue weighted by Crippen LogP contribution is -2.05. The van der Waals surface area contributed by atoms with Gasteiger partial charge in [-0.3, -0.25) is 0 Å². The molecule has 2 heterocycles. The van der Waals surface area contributed by atoms with Crippen molar-refractivity contribution in [2.75, 3.05) is 25.1 Å². The molecule has 1 aromatic heterocycles. The van der Waals surface area contributed by atoms with E-state index in [1.165, 1.54) is 19.2 Å². The summed E-state index contributed by atoms with van der Waals surface area (Å²) in [5, 5.41) is 9.49. The zero-order chi connectivity index (χ0) is 14.8. The van der Waals surface area contributed by atoms with E-state index in [9.17, 15) is 9.50 Å². The van der Waals surface area contributed by atoms with Gasteiger partial charge < -0.3 is 19.5 Å². The van der Waals surface area contributed by atoms with Crippen LogP contribution in [0.2, 0.25) is 0 Å². The number of hydrogen-bond acceptors (Lipinski definition) is 6. The molecule has 1 aliphatic heterocycles. The molecule has 0 amide bonds. The maximum atomic E-state index is 13.5. The molecule has 1 aromatic carbocycles. The van der Waals surface area contributed by atoms with E-state index in [2.05, 4.69) is 9.97 Å². The molecule has 1 fully saturated rings. The maximum absolute atomic E-state index is 13.5. The highest BCUT2D eigenvalue weighted by molar-refractivity contribution is 5.46. The molecule has 1 saturated heterocycles. The van der Waals surface area contributed by atoms with E-state index in [4.69, 9.17) is 9.47 Å². The summed E-state index contributed by atoms with van der Waals surface area (Å²) in [5.41, 5.74) is 0.652. The van der Waals surface area contributed by atoms with Crippen LogP contribution in [0.1, 0.15) is 5.56 Å². The number of anilines is 1. The maximum Gasteiger partial charge on any atom is 0.318 e. The van der Waals surface area contributed by atoms with Gasteiger partial charge in [0.05, 0.1) is 13.3 Å². The van der Waals surface area contributed by atoms with Crippen molar-refractivity contribution in [1.29, 1.82) is 0 Å². The molecule has 0 radical (unpaired) electrons. The van der Waals surface area contributed by atoms with Crippen molar-refractivity contribution in [3.05, 3.63) is 35.8 Å². The molecule has 1 aliphatic rings. The fourth-order valence-corrected chi connectivity index (χ4v) is 1.92. The number of aromatic nitrogens is 2. The van der Waals surface area contributed by atoms with Crippen molar-refractivity contribution in [2.45, 2.75) is 6.61 Å². The first-order valence-corrected chi connectivity index (χ1v) is 6.43. The number of halogens is 1. The molecule has 7 heteroatoms. The molecule has 3 rings (SSSR count). The minimum atomic E-state index is -0.463. The zero-order valence-corrected chi connectivity index (χ0v) is 11.4. The van der Waals surface area contributed by atoms with Crippen molar-refractivity contribution in [1.82, 2.24) is 9.97 Å². The fourth-order valence-electron chi connectivity index (χ4n) is 1.92. The highest BCUT2D eigenvalue weighted by Gasteiger charge is 2.24. The monoisotopic (exact) mass is 291 g/mol. The van der Waals surface area contributed by atoms with E-state index in [1.807, 2.05) is 0 Å². The van der Waals surface area contributed by atoms with Gasteiger partial charge in [-0.15, -0.1) is 0 Å². The Kier molecular flexibility index (Phi) is 3.47. The lowest BCUT2D eigenvalue weighted by molar-refractivity contribution is 0.272. The summed E-state index contributed by atoms with van der Waals surface area (Å²) >= 11 is 0. The summed E-state index contributed by atoms with van der Waals surface area (Å²) < 4.78 is 24.2. The van der Waals surface area contributed by atoms with Crippen LogP contribution in [0.15, 0.2) is 24.4 Å². The van der Waals surface area contributed by atoms with Crippen LogP contribution in [0.3, 0.4) is 0 Å². The van der Waals surface area contributed by atoms with Gasteiger partial charge in [0, 0.05) is 18.7 Å². The van der Waals surface area contributed by atoms with Crippen molar-refractivity contribution >= 4 is 5.82 Å². The van der Waals surface area contributed by atoms with Crippen LogP contribution < -0.4 is 14.4 Å². The molecule has 0 atom stereocenters. The molecule has 110 valence electrons. The summed E-state index contributed by atoms with van der Waals surface area (Å²) in [6.45, 7) is 1.68. The number of methoxy groups -OCH3 is 1. The second kappa shape index (κ2) is 5.43. The molecule has 0 spiro atoms. The third-order valence-corrected chi connectivity index (χ3v) is 3.07. The van der Waals surface area contributed by atoms with Crippen molar-refractivity contribution < 1.29 is 19.0 Å². The highest BCUT2D eigenvalue weighted by atomic mass is 19.1. The number of ether oxygens (including phenoxy) is 2. The predicted molar refractivity (Wildman–Crippen MR) is 73.2 cm³/mol. The van der Waals surface area contributed by atoms with Crippen LogP contribution in [0, 0.1) is 5.82 Å². The fraction of sp³-hybridized carbons (Fsp3) is 0.286. The highest BCUT2D eigenvalue weighted by Crippen LogP contribution is 2.26. The average Bonchev–Trinajstić information content (AvgIpc) is 3.31. The molecule has 0 unspecified atom stereocenters. The molecule has 0 saturated carbocycles. The molecule has 0 aliphatic carbocycles. The molecule has 1 N–H and O–H groups in total. The lowest BCUT2D eigenvalue weighted by Gasteiger charge is -2.10. The third-order valence-electron chi connectivity index (χ3n) is 3.07. The predicted octanol–water partition coefficient (Wildman–Crippen LogP) is 1.73. The first-order valence-electron chi connectivity index (χ1n) is 6.43. The van der Waals surface area contributed by atoms with Gasteiger partial charge in [0.2, 0.25) is 0 Å². The number of benzene rings is 1. The smallest absolute Gasteiger partial charge is 0.318 e. The van der Waals surface area contributed by atoms with Crippen LogP contribution in [0.25, 0.3) is 0 Å². The molecule has 6 nitrogen and oxygen atoms in total. The lowest BCUT2D eigenvalue weighted by atomic mass is 10.2. The van der Waals surface area contributed by atoms with Crippen LogP contribution in [-0.4, -0.2) is 35.3 Å². The first kappa shape index (κ1) is 13.4. The summed E-state index contributed by atoms with van der Waals surface area (Å²) in [7, 11) is 1.53. The minimum absolute atomic E-state index is 0.0868. The van der Waals surface area contributed by atoms with E-state index < -0.39 is 5.82 Å². The van der Waals surface area contributed by atoms with Gasteiger partial charge in [0.15, 0.2) is 11.6 Å². The standard InChI is InChI=1S/C14H14FN3O3/c1-20-12-3-2-10(19)6-9(12)8-21-14-16-7-11(15)13(17-14)18-4-5-18/h2-3,6-7,19H,4-5,8H2,1H3. The topological polar surface area (TPSA) is 67.5 Å². The van der Waals surface area contributed by atoms with Crippen LogP contribution in [-0.2, 0) is 6.61 Å². The largest absolute Gasteiger partial charge is 0.508 e. The second-order valence-corrected chi connectivity index (χ2v) is 4.60. The minimum Gasteiger partial charge on any atom is -0.508 e. The van der Waals surface area contributed by atoms with E-state index in [1.54, 1.807) is 11.0 Å². The third kappa shape index (κ3) is 2.96. The average molecular weight is 291 g/mol. The number of rotatable bonds is 5. The van der Waals surface area contributed by atoms with E-state index >= 15 is 0 Å². The van der Waals surface area contributed by atoms with Crippen LogP contribution >= 0.6 is 0 Å². The summed E-state index contributed by atoms with van der Waals surface area (Å²) in [6.07, 6.45) is 1.09. The van der Waals surface area contributed by atoms with E-state index in [-0.39, 0.29) is 24.2 Å². The Morgan fingerprint density at radius 1 is 1.38 bits per heavy atom. The summed E-state index contributed by atoms with van der Waals surface area (Å²) in [5.74, 6) is 0.484. The van der Waals surface area contributed by atoms with Crippen molar-refractivity contribution in [2.24, 2.45) is 0 Å². The second-order valence-electron chi connectivity index (χ2n) is 4.60. The Bertz CT molecular complexity index is 662. The number of hydrogen-bond donors (Lipinski definition) is 1. The molecule has 2 aromatic rings. The van der Waals surface area contributed by atoms with Gasteiger partial charge in [-0.25, -0.2) is 9.37 Å². The van der Waals surface area contributed by atoms with Gasteiger partial charge in [-0.1, -0.05) is 0 Å². The number of phenolic OH excluding ortho intramolecular Hbond substituents is 1. The molecular weight excluding hydrogens is 277 g/mol. The zero-order valence-electron chi connectivity index (χ0n) is 11.4. The van der Waals surface area contributed by atoms with Gasteiger partial charge in [-0.05, 0) is 18.2 Å². The van der Waals surface area contributed by atoms with Gasteiger partial charge in [-0.2, -0.15) is 4.98 Å². The van der Waals surface area contributed by atoms with Gasteiger partial charge in [0.25, 0.3) is 0 Å². The Labute approximate surface area is 120 Å². The van der Waals surface area contributed by atoms with Crippen molar-refractivity contribution in [3.63, 3.8) is 0 Å². The Morgan fingerprint density at radius 3 is 2.90 bits per heavy atom. The molecular formula is C14H14FN3O3. The summed E-state index contributed by atoms with van der Waals surface area (Å²) in [6, 6.07) is 4.78. The Morgan fingerprint density at radius 2 is 2.19 bits per heavy atom. The first-order chi connectivity index (χ1) is 10.2.